The van der Waals surface area contributed by atoms with Crippen molar-refractivity contribution < 1.29 is 36.2 Å². The van der Waals surface area contributed by atoms with Crippen molar-refractivity contribution in [2.75, 3.05) is 13.7 Å². The van der Waals surface area contributed by atoms with Gasteiger partial charge in [0.25, 0.3) is 0 Å². The second kappa shape index (κ2) is 11.5. The molecular weight excluding hydrogens is 563 g/mol. The number of methoxy groups -OCH3 is 1. The molecule has 0 radical (unpaired) electrons. The van der Waals surface area contributed by atoms with E-state index in [1.807, 2.05) is 6.92 Å². The van der Waals surface area contributed by atoms with E-state index in [1.54, 1.807) is 0 Å². The van der Waals surface area contributed by atoms with Crippen LogP contribution in [0, 0.1) is 11.6 Å². The largest absolute Gasteiger partial charge is 0.494 e. The van der Waals surface area contributed by atoms with Crippen LogP contribution in [-0.4, -0.2) is 49.4 Å². The quantitative estimate of drug-likeness (QED) is 0.168. The molecule has 216 valence electrons. The predicted molar refractivity (Wildman–Crippen MR) is 138 cm³/mol. The molecule has 9 nitrogen and oxygen atoms in total. The van der Waals surface area contributed by atoms with E-state index < -0.39 is 35.4 Å². The molecule has 0 spiro atoms. The maximum Gasteiger partial charge on any atom is 0.417 e. The zero-order valence-corrected chi connectivity index (χ0v) is 22.1. The van der Waals surface area contributed by atoms with Gasteiger partial charge in [-0.25, -0.2) is 28.5 Å². The highest BCUT2D eigenvalue weighted by Crippen LogP contribution is 2.39. The zero-order chi connectivity index (χ0) is 30.0. The summed E-state index contributed by atoms with van der Waals surface area (Å²) in [6.45, 7) is 2.10. The van der Waals surface area contributed by atoms with Gasteiger partial charge in [-0.05, 0) is 48.9 Å². The molecule has 1 atom stereocenters. The number of hydrogen-bond acceptors (Lipinski definition) is 8. The van der Waals surface area contributed by atoms with Gasteiger partial charge in [-0.1, -0.05) is 13.0 Å². The van der Waals surface area contributed by atoms with Crippen molar-refractivity contribution in [2.24, 2.45) is 0 Å². The van der Waals surface area contributed by atoms with Crippen LogP contribution in [-0.2, 0) is 15.7 Å². The number of benzene rings is 2. The Morgan fingerprint density at radius 2 is 1.79 bits per heavy atom. The first-order valence-electron chi connectivity index (χ1n) is 12.5. The molecule has 1 aromatic heterocycles. The van der Waals surface area contributed by atoms with E-state index in [2.05, 4.69) is 25.1 Å². The molecule has 2 aliphatic rings. The van der Waals surface area contributed by atoms with E-state index in [0.29, 0.717) is 6.42 Å². The van der Waals surface area contributed by atoms with Crippen molar-refractivity contribution in [2.45, 2.75) is 25.6 Å². The zero-order valence-electron chi connectivity index (χ0n) is 22.1. The standard InChI is InChI=1S/C28H21F5N6O3/c1-3-11-42-15-7-8-16(18(12-15)28(31,32)33)20-9-10-21(38-37-20)24(27(40)41-2)39-13-22-26(34-14-39)36-25(35-22)17-5-4-6-19(29)23(17)30/h4-10,12-14,24H,3,11H2,1-2H3. The number of aromatic nitrogens is 6. The third-order valence-corrected chi connectivity index (χ3v) is 6.18. The topological polar surface area (TPSA) is 105 Å². The second-order valence-electron chi connectivity index (χ2n) is 9.00. The lowest BCUT2D eigenvalue weighted by Crippen LogP contribution is -2.24. The van der Waals surface area contributed by atoms with Gasteiger partial charge in [-0.15, -0.1) is 0 Å². The summed E-state index contributed by atoms with van der Waals surface area (Å²) in [7, 11) is 1.15. The van der Waals surface area contributed by atoms with Gasteiger partial charge in [-0.3, -0.25) is 0 Å². The number of carbonyl (C=O) groups excluding carboxylic acids is 1. The molecule has 0 saturated heterocycles. The summed E-state index contributed by atoms with van der Waals surface area (Å²) in [5.74, 6) is -2.92. The van der Waals surface area contributed by atoms with E-state index in [-0.39, 0.29) is 52.2 Å². The van der Waals surface area contributed by atoms with Gasteiger partial charge in [0.2, 0.25) is 0 Å². The maximum atomic E-state index is 14.3. The summed E-state index contributed by atoms with van der Waals surface area (Å²) in [6, 6.07) is 8.52. The lowest BCUT2D eigenvalue weighted by Gasteiger charge is -2.18. The van der Waals surface area contributed by atoms with Crippen molar-refractivity contribution in [1.82, 2.24) is 29.7 Å². The van der Waals surface area contributed by atoms with Crippen LogP contribution in [0.1, 0.15) is 30.6 Å². The van der Waals surface area contributed by atoms with Gasteiger partial charge in [0.1, 0.15) is 11.4 Å². The monoisotopic (exact) mass is 584 g/mol. The summed E-state index contributed by atoms with van der Waals surface area (Å²) in [5.41, 5.74) is -1.25. The van der Waals surface area contributed by atoms with Crippen LogP contribution in [0.3, 0.4) is 0 Å². The van der Waals surface area contributed by atoms with Crippen molar-refractivity contribution in [3.63, 3.8) is 0 Å². The minimum Gasteiger partial charge on any atom is -0.494 e. The Morgan fingerprint density at radius 1 is 0.976 bits per heavy atom. The third-order valence-electron chi connectivity index (χ3n) is 6.18. The predicted octanol–water partition coefficient (Wildman–Crippen LogP) is 5.75. The van der Waals surface area contributed by atoms with Crippen molar-refractivity contribution in [3.8, 4) is 39.9 Å². The first-order chi connectivity index (χ1) is 20.1. The first-order valence-corrected chi connectivity index (χ1v) is 12.5. The normalized spacial score (nSPS) is 12.4. The highest BCUT2D eigenvalue weighted by atomic mass is 19.4. The Bertz CT molecular complexity index is 1710. The summed E-state index contributed by atoms with van der Waals surface area (Å²) >= 11 is 0. The Labute approximate surface area is 235 Å². The van der Waals surface area contributed by atoms with E-state index >= 15 is 0 Å². The number of esters is 1. The van der Waals surface area contributed by atoms with Crippen LogP contribution in [0.4, 0.5) is 22.0 Å². The molecule has 0 amide bonds. The summed E-state index contributed by atoms with van der Waals surface area (Å²) in [6.07, 6.45) is -1.45. The molecule has 0 aliphatic carbocycles. The average molecular weight is 585 g/mol. The number of carbonyl (C=O) groups is 1. The smallest absolute Gasteiger partial charge is 0.417 e. The molecule has 2 aliphatic heterocycles. The van der Waals surface area contributed by atoms with Gasteiger partial charge >= 0.3 is 12.1 Å². The molecule has 0 saturated carbocycles. The number of nitrogens with zero attached hydrogens (tertiary/aromatic N) is 6. The SMILES string of the molecule is CCCOc1ccc(-c2ccc(C(C(=O)OC)n3cnc4nc(-c5cccc(F)c5F)nc-4c3)nn2)c(C(F)(F)F)c1. The van der Waals surface area contributed by atoms with Gasteiger partial charge in [0.15, 0.2) is 29.3 Å². The van der Waals surface area contributed by atoms with Crippen LogP contribution >= 0.6 is 0 Å². The highest BCUT2D eigenvalue weighted by Gasteiger charge is 2.35. The molecule has 42 heavy (non-hydrogen) atoms. The molecule has 3 aromatic rings. The van der Waals surface area contributed by atoms with Crippen molar-refractivity contribution in [3.05, 3.63) is 83.9 Å². The first kappa shape index (κ1) is 28.5. The van der Waals surface area contributed by atoms with Gasteiger partial charge in [-0.2, -0.15) is 23.4 Å². The third kappa shape index (κ3) is 5.60. The Balaban J connectivity index is 1.51. The number of rotatable bonds is 8. The molecule has 5 rings (SSSR count). The number of alkyl halides is 3. The van der Waals surface area contributed by atoms with E-state index in [1.165, 1.54) is 53.5 Å². The number of halogens is 5. The molecular formula is C28H21F5N6O3. The summed E-state index contributed by atoms with van der Waals surface area (Å²) in [5, 5.41) is 7.99. The fourth-order valence-electron chi connectivity index (χ4n) is 4.19. The Kier molecular flexibility index (Phi) is 7.79. The molecule has 0 fully saturated rings. The fourth-order valence-corrected chi connectivity index (χ4v) is 4.19. The maximum absolute atomic E-state index is 14.3. The number of imidazole rings is 1. The number of ether oxygens (including phenoxy) is 2. The van der Waals surface area contributed by atoms with Gasteiger partial charge < -0.3 is 14.0 Å². The van der Waals surface area contributed by atoms with Gasteiger partial charge in [0.05, 0.1) is 42.6 Å². The van der Waals surface area contributed by atoms with E-state index in [0.717, 1.165) is 19.2 Å². The van der Waals surface area contributed by atoms with Crippen LogP contribution in [0.25, 0.3) is 34.2 Å². The molecule has 14 heteroatoms. The van der Waals surface area contributed by atoms with Crippen molar-refractivity contribution in [1.29, 1.82) is 0 Å². The lowest BCUT2D eigenvalue weighted by molar-refractivity contribution is -0.143. The second-order valence-corrected chi connectivity index (χ2v) is 9.00. The molecule has 2 aromatic carbocycles. The fraction of sp³-hybridized carbons (Fsp3) is 0.214. The van der Waals surface area contributed by atoms with Crippen LogP contribution in [0.5, 0.6) is 5.75 Å². The minimum atomic E-state index is -4.69. The van der Waals surface area contributed by atoms with Crippen LogP contribution in [0.2, 0.25) is 0 Å². The lowest BCUT2D eigenvalue weighted by atomic mass is 10.0. The van der Waals surface area contributed by atoms with Gasteiger partial charge in [0, 0.05) is 11.8 Å². The molecule has 3 heterocycles. The Hall–Kier alpha value is -5.01. The Morgan fingerprint density at radius 3 is 2.48 bits per heavy atom. The number of fused-ring (bicyclic) bond motifs is 1. The van der Waals surface area contributed by atoms with Crippen LogP contribution < -0.4 is 4.74 Å². The van der Waals surface area contributed by atoms with E-state index in [9.17, 15) is 26.7 Å². The summed E-state index contributed by atoms with van der Waals surface area (Å²) < 4.78 is 81.2. The average Bonchev–Trinajstić information content (AvgIpc) is 3.40. The summed E-state index contributed by atoms with van der Waals surface area (Å²) in [4.78, 5) is 25.3. The molecule has 0 bridgehead atoms. The molecule has 0 N–H and O–H groups in total. The number of hydrogen-bond donors (Lipinski definition) is 0. The van der Waals surface area contributed by atoms with E-state index in [4.69, 9.17) is 9.47 Å². The van der Waals surface area contributed by atoms with Crippen molar-refractivity contribution >= 4 is 5.97 Å². The molecule has 1 unspecified atom stereocenters. The minimum absolute atomic E-state index is 0.0316. The highest BCUT2D eigenvalue weighted by molar-refractivity contribution is 5.78. The van der Waals surface area contributed by atoms with Crippen LogP contribution in [0.15, 0.2) is 61.1 Å².